The predicted molar refractivity (Wildman–Crippen MR) is 96.3 cm³/mol. The van der Waals surface area contributed by atoms with E-state index in [0.29, 0.717) is 24.7 Å². The maximum absolute atomic E-state index is 12.7. The van der Waals surface area contributed by atoms with Crippen LogP contribution in [0.4, 0.5) is 5.69 Å². The van der Waals surface area contributed by atoms with E-state index in [9.17, 15) is 13.2 Å². The van der Waals surface area contributed by atoms with Crippen LogP contribution in [0.1, 0.15) is 46.5 Å². The molecule has 1 aromatic carbocycles. The second-order valence-electron chi connectivity index (χ2n) is 6.81. The minimum Gasteiger partial charge on any atom is -0.326 e. The van der Waals surface area contributed by atoms with Crippen LogP contribution in [-0.4, -0.2) is 31.7 Å². The molecule has 1 heterocycles. The molecular formula is C18H28N2O3S. The molecule has 24 heavy (non-hydrogen) atoms. The highest BCUT2D eigenvalue weighted by Crippen LogP contribution is 2.24. The second-order valence-corrected chi connectivity index (χ2v) is 8.75. The molecule has 1 saturated heterocycles. The zero-order chi connectivity index (χ0) is 17.7. The third-order valence-corrected chi connectivity index (χ3v) is 6.43. The number of sulfonamides is 1. The molecule has 0 bridgehead atoms. The molecule has 1 amide bonds. The predicted octanol–water partition coefficient (Wildman–Crippen LogP) is 3.48. The van der Waals surface area contributed by atoms with Gasteiger partial charge in [-0.05, 0) is 49.4 Å². The van der Waals surface area contributed by atoms with Gasteiger partial charge in [-0.2, -0.15) is 4.31 Å². The number of anilines is 1. The van der Waals surface area contributed by atoms with Gasteiger partial charge in [0.2, 0.25) is 15.9 Å². The normalized spacial score (nSPS) is 20.5. The molecule has 2 atom stereocenters. The Labute approximate surface area is 145 Å². The summed E-state index contributed by atoms with van der Waals surface area (Å²) >= 11 is 0. The third-order valence-electron chi connectivity index (χ3n) is 4.55. The van der Waals surface area contributed by atoms with Gasteiger partial charge in [-0.15, -0.1) is 0 Å². The van der Waals surface area contributed by atoms with Crippen molar-refractivity contribution < 1.29 is 13.2 Å². The highest BCUT2D eigenvalue weighted by Gasteiger charge is 2.28. The molecule has 1 fully saturated rings. The van der Waals surface area contributed by atoms with Gasteiger partial charge in [0.1, 0.15) is 0 Å². The van der Waals surface area contributed by atoms with Gasteiger partial charge in [0.25, 0.3) is 0 Å². The van der Waals surface area contributed by atoms with E-state index in [4.69, 9.17) is 0 Å². The standard InChI is InChI=1S/C18H28N2O3S/c1-4-6-15(3)18(21)19-16-8-10-17(11-9-16)24(22,23)20-12-5-7-14(2)13-20/h8-11,14-15H,4-7,12-13H2,1-3H3,(H,19,21). The average molecular weight is 353 g/mol. The Bertz CT molecular complexity index is 655. The summed E-state index contributed by atoms with van der Waals surface area (Å²) in [6, 6.07) is 6.48. The molecule has 0 aromatic heterocycles. The van der Waals surface area contributed by atoms with E-state index < -0.39 is 10.0 Å². The van der Waals surface area contributed by atoms with Crippen molar-refractivity contribution in [1.82, 2.24) is 4.31 Å². The second kappa shape index (κ2) is 8.12. The number of carbonyl (C=O) groups excluding carboxylic acids is 1. The number of hydrogen-bond acceptors (Lipinski definition) is 3. The van der Waals surface area contributed by atoms with Gasteiger partial charge in [0, 0.05) is 24.7 Å². The number of rotatable bonds is 6. The first kappa shape index (κ1) is 18.9. The SMILES string of the molecule is CCCC(C)C(=O)Nc1ccc(S(=O)(=O)N2CCCC(C)C2)cc1. The van der Waals surface area contributed by atoms with Crippen molar-refractivity contribution in [3.05, 3.63) is 24.3 Å². The monoisotopic (exact) mass is 352 g/mol. The number of piperidine rings is 1. The molecule has 1 N–H and O–H groups in total. The van der Waals surface area contributed by atoms with E-state index in [0.717, 1.165) is 25.7 Å². The van der Waals surface area contributed by atoms with Gasteiger partial charge in [0.05, 0.1) is 4.90 Å². The molecule has 6 heteroatoms. The first-order valence-corrected chi connectivity index (χ1v) is 10.2. The van der Waals surface area contributed by atoms with Crippen molar-refractivity contribution in [2.75, 3.05) is 18.4 Å². The van der Waals surface area contributed by atoms with Gasteiger partial charge in [0.15, 0.2) is 0 Å². The molecule has 0 saturated carbocycles. The first-order chi connectivity index (χ1) is 11.3. The zero-order valence-electron chi connectivity index (χ0n) is 14.8. The topological polar surface area (TPSA) is 66.5 Å². The molecule has 134 valence electrons. The molecule has 0 radical (unpaired) electrons. The summed E-state index contributed by atoms with van der Waals surface area (Å²) in [5.74, 6) is 0.317. The van der Waals surface area contributed by atoms with Crippen LogP contribution in [0.3, 0.4) is 0 Å². The van der Waals surface area contributed by atoms with Crippen LogP contribution in [-0.2, 0) is 14.8 Å². The minimum atomic E-state index is -3.44. The molecule has 2 rings (SSSR count). The minimum absolute atomic E-state index is 0.0303. The van der Waals surface area contributed by atoms with Crippen LogP contribution in [0.5, 0.6) is 0 Å². The van der Waals surface area contributed by atoms with Crippen LogP contribution >= 0.6 is 0 Å². The van der Waals surface area contributed by atoms with Crippen molar-refractivity contribution in [3.63, 3.8) is 0 Å². The van der Waals surface area contributed by atoms with Crippen LogP contribution in [0, 0.1) is 11.8 Å². The average Bonchev–Trinajstić information content (AvgIpc) is 2.55. The van der Waals surface area contributed by atoms with E-state index in [1.807, 2.05) is 13.8 Å². The lowest BCUT2D eigenvalue weighted by atomic mass is 10.0. The van der Waals surface area contributed by atoms with Crippen LogP contribution < -0.4 is 5.32 Å². The van der Waals surface area contributed by atoms with Gasteiger partial charge in [-0.3, -0.25) is 4.79 Å². The molecule has 1 aliphatic rings. The van der Waals surface area contributed by atoms with Gasteiger partial charge < -0.3 is 5.32 Å². The fraction of sp³-hybridized carbons (Fsp3) is 0.611. The number of hydrogen-bond donors (Lipinski definition) is 1. The molecule has 1 aromatic rings. The van der Waals surface area contributed by atoms with E-state index in [-0.39, 0.29) is 16.7 Å². The van der Waals surface area contributed by atoms with E-state index in [1.165, 1.54) is 0 Å². The smallest absolute Gasteiger partial charge is 0.243 e. The van der Waals surface area contributed by atoms with Gasteiger partial charge >= 0.3 is 0 Å². The fourth-order valence-electron chi connectivity index (χ4n) is 3.05. The van der Waals surface area contributed by atoms with Crippen molar-refractivity contribution in [3.8, 4) is 0 Å². The summed E-state index contributed by atoms with van der Waals surface area (Å²) in [6.07, 6.45) is 3.78. The maximum Gasteiger partial charge on any atom is 0.243 e. The number of carbonyl (C=O) groups is 1. The molecular weight excluding hydrogens is 324 g/mol. The van der Waals surface area contributed by atoms with Crippen LogP contribution in [0.15, 0.2) is 29.2 Å². The van der Waals surface area contributed by atoms with E-state index in [2.05, 4.69) is 12.2 Å². The van der Waals surface area contributed by atoms with Crippen molar-refractivity contribution in [2.24, 2.45) is 11.8 Å². The van der Waals surface area contributed by atoms with Crippen molar-refractivity contribution in [1.29, 1.82) is 0 Å². The Balaban J connectivity index is 2.07. The zero-order valence-corrected chi connectivity index (χ0v) is 15.6. The quantitative estimate of drug-likeness (QED) is 0.852. The molecule has 1 aliphatic heterocycles. The Morgan fingerprint density at radius 2 is 2.00 bits per heavy atom. The number of nitrogens with zero attached hydrogens (tertiary/aromatic N) is 1. The van der Waals surface area contributed by atoms with E-state index >= 15 is 0 Å². The molecule has 0 aliphatic carbocycles. The van der Waals surface area contributed by atoms with Gasteiger partial charge in [-0.25, -0.2) is 8.42 Å². The maximum atomic E-state index is 12.7. The number of amides is 1. The van der Waals surface area contributed by atoms with Gasteiger partial charge in [-0.1, -0.05) is 27.2 Å². The lowest BCUT2D eigenvalue weighted by Gasteiger charge is -2.30. The Morgan fingerprint density at radius 1 is 1.33 bits per heavy atom. The lowest BCUT2D eigenvalue weighted by Crippen LogP contribution is -2.39. The Kier molecular flexibility index (Phi) is 6.40. The van der Waals surface area contributed by atoms with Crippen LogP contribution in [0.25, 0.3) is 0 Å². The molecule has 5 nitrogen and oxygen atoms in total. The number of nitrogens with one attached hydrogen (secondary N) is 1. The summed E-state index contributed by atoms with van der Waals surface area (Å²) in [7, 11) is -3.44. The Morgan fingerprint density at radius 3 is 2.58 bits per heavy atom. The summed E-state index contributed by atoms with van der Waals surface area (Å²) in [5, 5.41) is 2.84. The molecule has 0 spiro atoms. The fourth-order valence-corrected chi connectivity index (χ4v) is 4.65. The van der Waals surface area contributed by atoms with Crippen LogP contribution in [0.2, 0.25) is 0 Å². The summed E-state index contributed by atoms with van der Waals surface area (Å²) in [4.78, 5) is 12.3. The highest BCUT2D eigenvalue weighted by atomic mass is 32.2. The lowest BCUT2D eigenvalue weighted by molar-refractivity contribution is -0.119. The summed E-state index contributed by atoms with van der Waals surface area (Å²) < 4.78 is 27.0. The van der Waals surface area contributed by atoms with E-state index in [1.54, 1.807) is 28.6 Å². The highest BCUT2D eigenvalue weighted by molar-refractivity contribution is 7.89. The Hall–Kier alpha value is -1.40. The van der Waals surface area contributed by atoms with Crippen molar-refractivity contribution >= 4 is 21.6 Å². The number of benzene rings is 1. The molecule has 2 unspecified atom stereocenters. The largest absolute Gasteiger partial charge is 0.326 e. The summed E-state index contributed by atoms with van der Waals surface area (Å²) in [6.45, 7) is 7.19. The third kappa shape index (κ3) is 4.57. The van der Waals surface area contributed by atoms with Crippen molar-refractivity contribution in [2.45, 2.75) is 51.3 Å². The summed E-state index contributed by atoms with van der Waals surface area (Å²) in [5.41, 5.74) is 0.633. The first-order valence-electron chi connectivity index (χ1n) is 8.75.